The van der Waals surface area contributed by atoms with Crippen LogP contribution in [0.3, 0.4) is 0 Å². The molecule has 1 unspecified atom stereocenters. The highest BCUT2D eigenvalue weighted by atomic mass is 16.4. The molecule has 0 saturated carbocycles. The van der Waals surface area contributed by atoms with Gasteiger partial charge >= 0.3 is 5.97 Å². The zero-order valence-corrected chi connectivity index (χ0v) is 17.3. The summed E-state index contributed by atoms with van der Waals surface area (Å²) in [6.45, 7) is 0. The highest BCUT2D eigenvalue weighted by molar-refractivity contribution is 6.32. The van der Waals surface area contributed by atoms with Gasteiger partial charge in [-0.25, -0.2) is 4.79 Å². The third kappa shape index (κ3) is 3.30. The van der Waals surface area contributed by atoms with Crippen LogP contribution >= 0.6 is 0 Å². The molecule has 0 bridgehead atoms. The van der Waals surface area contributed by atoms with Gasteiger partial charge in [0.25, 0.3) is 5.91 Å². The standard InChI is InChI=1S/C26H18N2O5/c29-23-16-10-4-5-11-17(16)24(30)22-21(23)20(19-12-6-7-13-28(19)22)25(31)27-18(26(32)33)14-15-8-2-1-3-9-15/h1-13,18H,14H2,(H,27,31)(H,32,33). The predicted molar refractivity (Wildman–Crippen MR) is 120 cm³/mol. The molecular weight excluding hydrogens is 420 g/mol. The van der Waals surface area contributed by atoms with Gasteiger partial charge in [0.1, 0.15) is 11.7 Å². The van der Waals surface area contributed by atoms with Crippen molar-refractivity contribution in [2.75, 3.05) is 0 Å². The molecule has 162 valence electrons. The van der Waals surface area contributed by atoms with Gasteiger partial charge in [0.05, 0.1) is 16.6 Å². The maximum absolute atomic E-state index is 13.4. The van der Waals surface area contributed by atoms with Gasteiger partial charge in [0.2, 0.25) is 5.78 Å². The van der Waals surface area contributed by atoms with Crippen LogP contribution in [0.25, 0.3) is 5.52 Å². The molecule has 1 aliphatic rings. The third-order valence-corrected chi connectivity index (χ3v) is 5.82. The number of carbonyl (C=O) groups is 4. The van der Waals surface area contributed by atoms with Crippen molar-refractivity contribution in [2.45, 2.75) is 12.5 Å². The van der Waals surface area contributed by atoms with Crippen LogP contribution in [0, 0.1) is 0 Å². The van der Waals surface area contributed by atoms with Crippen LogP contribution in [0.2, 0.25) is 0 Å². The number of nitrogens with zero attached hydrogens (tertiary/aromatic N) is 1. The van der Waals surface area contributed by atoms with Crippen LogP contribution in [0.5, 0.6) is 0 Å². The molecule has 5 rings (SSSR count). The largest absolute Gasteiger partial charge is 0.480 e. The van der Waals surface area contributed by atoms with Gasteiger partial charge < -0.3 is 14.8 Å². The molecule has 2 N–H and O–H groups in total. The topological polar surface area (TPSA) is 105 Å². The molecule has 1 amide bonds. The Morgan fingerprint density at radius 2 is 1.48 bits per heavy atom. The summed E-state index contributed by atoms with van der Waals surface area (Å²) in [6, 6.07) is 19.2. The van der Waals surface area contributed by atoms with Gasteiger partial charge in [-0.1, -0.05) is 60.7 Å². The van der Waals surface area contributed by atoms with E-state index in [0.29, 0.717) is 5.52 Å². The summed E-state index contributed by atoms with van der Waals surface area (Å²) >= 11 is 0. The first-order valence-electron chi connectivity index (χ1n) is 10.4. The number of fused-ring (bicyclic) bond motifs is 4. The summed E-state index contributed by atoms with van der Waals surface area (Å²) in [6.07, 6.45) is 1.69. The molecule has 0 saturated heterocycles. The minimum atomic E-state index is -1.21. The van der Waals surface area contributed by atoms with E-state index in [9.17, 15) is 24.3 Å². The van der Waals surface area contributed by atoms with Crippen LogP contribution in [-0.2, 0) is 11.2 Å². The van der Waals surface area contributed by atoms with Crippen LogP contribution in [-0.4, -0.2) is 39.0 Å². The zero-order valence-electron chi connectivity index (χ0n) is 17.3. The maximum atomic E-state index is 13.4. The average molecular weight is 438 g/mol. The summed E-state index contributed by atoms with van der Waals surface area (Å²) in [4.78, 5) is 52.0. The predicted octanol–water partition coefficient (Wildman–Crippen LogP) is 3.14. The fraction of sp³-hybridized carbons (Fsp3) is 0.0769. The van der Waals surface area contributed by atoms with Crippen LogP contribution in [0.4, 0.5) is 0 Å². The van der Waals surface area contributed by atoms with Gasteiger partial charge in [-0.2, -0.15) is 0 Å². The Bertz CT molecular complexity index is 1450. The van der Waals surface area contributed by atoms with E-state index in [4.69, 9.17) is 0 Å². The lowest BCUT2D eigenvalue weighted by molar-refractivity contribution is -0.139. The van der Waals surface area contributed by atoms with E-state index < -0.39 is 23.7 Å². The summed E-state index contributed by atoms with van der Waals surface area (Å²) in [5, 5.41) is 12.3. The van der Waals surface area contributed by atoms with Gasteiger partial charge in [-0.15, -0.1) is 0 Å². The molecule has 2 heterocycles. The second kappa shape index (κ2) is 7.87. The Hall–Kier alpha value is -4.52. The van der Waals surface area contributed by atoms with Crippen molar-refractivity contribution in [1.29, 1.82) is 0 Å². The molecule has 2 aromatic heterocycles. The highest BCUT2D eigenvalue weighted by Gasteiger charge is 2.38. The number of nitrogens with one attached hydrogen (secondary N) is 1. The van der Waals surface area contributed by atoms with Crippen molar-refractivity contribution < 1.29 is 24.3 Å². The Morgan fingerprint density at radius 3 is 2.18 bits per heavy atom. The number of pyridine rings is 1. The van der Waals surface area contributed by atoms with E-state index in [2.05, 4.69) is 5.32 Å². The molecular formula is C26H18N2O5. The molecule has 1 aliphatic carbocycles. The second-order valence-corrected chi connectivity index (χ2v) is 7.81. The highest BCUT2D eigenvalue weighted by Crippen LogP contribution is 2.33. The molecule has 0 aliphatic heterocycles. The summed E-state index contributed by atoms with van der Waals surface area (Å²) in [5.41, 5.74) is 1.70. The summed E-state index contributed by atoms with van der Waals surface area (Å²) in [7, 11) is 0. The Kier molecular flexibility index (Phi) is 4.86. The van der Waals surface area contributed by atoms with E-state index in [-0.39, 0.29) is 40.2 Å². The molecule has 4 aromatic rings. The first-order chi connectivity index (χ1) is 16.0. The SMILES string of the molecule is O=C1c2ccccc2C(=O)c2c1c(C(=O)NC(Cc1ccccc1)C(=O)O)c1ccccn21. The van der Waals surface area contributed by atoms with Crippen molar-refractivity contribution >= 4 is 29.0 Å². The number of carbonyl (C=O) groups excluding carboxylic acids is 3. The zero-order chi connectivity index (χ0) is 23.1. The fourth-order valence-corrected chi connectivity index (χ4v) is 4.30. The first-order valence-corrected chi connectivity index (χ1v) is 10.4. The number of hydrogen-bond acceptors (Lipinski definition) is 4. The van der Waals surface area contributed by atoms with Gasteiger partial charge in [-0.3, -0.25) is 14.4 Å². The van der Waals surface area contributed by atoms with Crippen molar-refractivity contribution in [3.05, 3.63) is 113 Å². The molecule has 33 heavy (non-hydrogen) atoms. The van der Waals surface area contributed by atoms with E-state index in [1.165, 1.54) is 4.40 Å². The number of aromatic nitrogens is 1. The monoisotopic (exact) mass is 438 g/mol. The molecule has 2 aromatic carbocycles. The first kappa shape index (κ1) is 20.4. The summed E-state index contributed by atoms with van der Waals surface area (Å²) < 4.78 is 1.52. The quantitative estimate of drug-likeness (QED) is 0.439. The number of ketones is 2. The Labute approximate surface area is 188 Å². The number of rotatable bonds is 5. The lowest BCUT2D eigenvalue weighted by atomic mass is 9.86. The minimum absolute atomic E-state index is 0.00207. The number of benzene rings is 2. The van der Waals surface area contributed by atoms with Crippen molar-refractivity contribution in [1.82, 2.24) is 9.72 Å². The molecule has 7 heteroatoms. The van der Waals surface area contributed by atoms with E-state index in [0.717, 1.165) is 5.56 Å². The number of carboxylic acid groups (broad SMARTS) is 1. The summed E-state index contributed by atoms with van der Waals surface area (Å²) in [5.74, 6) is -2.72. The average Bonchev–Trinajstić information content (AvgIpc) is 3.18. The Balaban J connectivity index is 1.62. The lowest BCUT2D eigenvalue weighted by Crippen LogP contribution is -2.42. The van der Waals surface area contributed by atoms with Crippen LogP contribution in [0.1, 0.15) is 47.9 Å². The molecule has 7 nitrogen and oxygen atoms in total. The van der Waals surface area contributed by atoms with Crippen LogP contribution < -0.4 is 5.32 Å². The fourth-order valence-electron chi connectivity index (χ4n) is 4.30. The molecule has 0 spiro atoms. The van der Waals surface area contributed by atoms with Gasteiger partial charge in [-0.05, 0) is 17.7 Å². The number of hydrogen-bond donors (Lipinski definition) is 2. The molecule has 0 radical (unpaired) electrons. The minimum Gasteiger partial charge on any atom is -0.480 e. The van der Waals surface area contributed by atoms with Crippen molar-refractivity contribution in [3.8, 4) is 0 Å². The van der Waals surface area contributed by atoms with Crippen molar-refractivity contribution in [2.24, 2.45) is 0 Å². The lowest BCUT2D eigenvalue weighted by Gasteiger charge is -2.17. The van der Waals surface area contributed by atoms with E-state index in [1.54, 1.807) is 72.9 Å². The van der Waals surface area contributed by atoms with Crippen LogP contribution in [0.15, 0.2) is 79.0 Å². The number of aliphatic carboxylic acids is 1. The normalized spacial score (nSPS) is 13.3. The van der Waals surface area contributed by atoms with E-state index in [1.807, 2.05) is 6.07 Å². The maximum Gasteiger partial charge on any atom is 0.326 e. The van der Waals surface area contributed by atoms with Gasteiger partial charge in [0, 0.05) is 23.7 Å². The van der Waals surface area contributed by atoms with Gasteiger partial charge in [0.15, 0.2) is 5.78 Å². The smallest absolute Gasteiger partial charge is 0.326 e. The Morgan fingerprint density at radius 1 is 0.848 bits per heavy atom. The molecule has 0 fully saturated rings. The number of amides is 1. The molecule has 1 atom stereocenters. The number of carboxylic acids is 1. The van der Waals surface area contributed by atoms with E-state index >= 15 is 0 Å². The van der Waals surface area contributed by atoms with Crippen molar-refractivity contribution in [3.63, 3.8) is 0 Å². The second-order valence-electron chi connectivity index (χ2n) is 7.81. The third-order valence-electron chi connectivity index (χ3n) is 5.82.